The Balaban J connectivity index is 2.12. The number of hydrogen-bond donors (Lipinski definition) is 0. The summed E-state index contributed by atoms with van der Waals surface area (Å²) in [6.45, 7) is 12.8. The molecule has 2 aliphatic rings. The molecule has 1 atom stereocenters. The Morgan fingerprint density at radius 1 is 1.04 bits per heavy atom. The highest BCUT2D eigenvalue weighted by molar-refractivity contribution is 6.01. The van der Waals surface area contributed by atoms with Crippen molar-refractivity contribution in [1.29, 1.82) is 0 Å². The molecule has 0 spiro atoms. The minimum absolute atomic E-state index is 0.0595. The van der Waals surface area contributed by atoms with Crippen molar-refractivity contribution in [3.63, 3.8) is 0 Å². The first-order valence-corrected chi connectivity index (χ1v) is 9.16. The quantitative estimate of drug-likeness (QED) is 0.756. The summed E-state index contributed by atoms with van der Waals surface area (Å²) >= 11 is 0. The molecule has 0 aromatic carbocycles. The van der Waals surface area contributed by atoms with Crippen molar-refractivity contribution in [2.45, 2.75) is 53.1 Å². The van der Waals surface area contributed by atoms with Crippen LogP contribution in [0.4, 0.5) is 0 Å². The van der Waals surface area contributed by atoms with Gasteiger partial charge in [-0.1, -0.05) is 51.1 Å². The van der Waals surface area contributed by atoms with Gasteiger partial charge in [0, 0.05) is 17.3 Å². The molecule has 0 fully saturated rings. The van der Waals surface area contributed by atoms with Crippen LogP contribution in [0.25, 0.3) is 0 Å². The van der Waals surface area contributed by atoms with Gasteiger partial charge in [0.15, 0.2) is 0 Å². The minimum Gasteiger partial charge on any atom is -0.325 e. The number of rotatable bonds is 3. The number of carbonyl (C=O) groups excluding carboxylic acids is 1. The lowest BCUT2D eigenvalue weighted by Gasteiger charge is -2.47. The van der Waals surface area contributed by atoms with E-state index >= 15 is 0 Å². The van der Waals surface area contributed by atoms with E-state index in [1.807, 2.05) is 53.5 Å². The normalized spacial score (nSPS) is 17.4. The largest absolute Gasteiger partial charge is 0.325 e. The van der Waals surface area contributed by atoms with Crippen LogP contribution >= 0.6 is 0 Å². The van der Waals surface area contributed by atoms with E-state index in [1.165, 1.54) is 0 Å². The summed E-state index contributed by atoms with van der Waals surface area (Å²) < 4.78 is 0. The van der Waals surface area contributed by atoms with E-state index in [0.29, 0.717) is 0 Å². The summed E-state index contributed by atoms with van der Waals surface area (Å²) in [4.78, 5) is 20.3. The molecule has 26 heavy (non-hydrogen) atoms. The maximum atomic E-state index is 13.7. The zero-order chi connectivity index (χ0) is 19.1. The predicted molar refractivity (Wildman–Crippen MR) is 106 cm³/mol. The van der Waals surface area contributed by atoms with Crippen LogP contribution in [0.1, 0.15) is 53.3 Å². The fraction of sp³-hybridized carbons (Fsp3) is 0.391. The zero-order valence-corrected chi connectivity index (χ0v) is 16.6. The summed E-state index contributed by atoms with van der Waals surface area (Å²) in [6, 6.07) is 5.79. The monoisotopic (exact) mass is 348 g/mol. The van der Waals surface area contributed by atoms with Crippen molar-refractivity contribution in [2.75, 3.05) is 0 Å². The fourth-order valence-corrected chi connectivity index (χ4v) is 3.71. The number of aromatic nitrogens is 1. The van der Waals surface area contributed by atoms with Crippen molar-refractivity contribution in [1.82, 2.24) is 9.88 Å². The number of allylic oxidation sites excluding steroid dienone is 6. The average Bonchev–Trinajstić information content (AvgIpc) is 3.13. The van der Waals surface area contributed by atoms with Gasteiger partial charge in [-0.2, -0.15) is 0 Å². The molecular formula is C23H28N2O. The van der Waals surface area contributed by atoms with Gasteiger partial charge in [0.05, 0.1) is 11.7 Å². The van der Waals surface area contributed by atoms with E-state index in [4.69, 9.17) is 0 Å². The second-order valence-corrected chi connectivity index (χ2v) is 9.01. The summed E-state index contributed by atoms with van der Waals surface area (Å²) in [6.07, 6.45) is 11.9. The Morgan fingerprint density at radius 3 is 2.35 bits per heavy atom. The Bertz CT molecular complexity index is 827. The zero-order valence-electron chi connectivity index (χ0n) is 16.6. The van der Waals surface area contributed by atoms with Crippen LogP contribution in [0.3, 0.4) is 0 Å². The van der Waals surface area contributed by atoms with Gasteiger partial charge in [0.1, 0.15) is 0 Å². The topological polar surface area (TPSA) is 33.2 Å². The van der Waals surface area contributed by atoms with Crippen molar-refractivity contribution < 1.29 is 4.79 Å². The Hall–Kier alpha value is -2.42. The van der Waals surface area contributed by atoms with Crippen molar-refractivity contribution in [2.24, 2.45) is 5.41 Å². The lowest BCUT2D eigenvalue weighted by Crippen LogP contribution is -2.52. The van der Waals surface area contributed by atoms with Crippen molar-refractivity contribution in [3.05, 3.63) is 77.2 Å². The summed E-state index contributed by atoms with van der Waals surface area (Å²) in [5.74, 6) is 0.0595. The molecular weight excluding hydrogens is 320 g/mol. The van der Waals surface area contributed by atoms with E-state index < -0.39 is 0 Å². The van der Waals surface area contributed by atoms with Crippen LogP contribution in [0.2, 0.25) is 0 Å². The SMILES string of the molecule is CC(C)(C)C(c1ccccn1)N(C(=O)C1=C2C=CC=C2C=C1)C(C)(C)C. The Labute approximate surface area is 156 Å². The molecule has 0 aliphatic heterocycles. The molecule has 0 saturated heterocycles. The molecule has 1 aromatic heterocycles. The highest BCUT2D eigenvalue weighted by Gasteiger charge is 2.42. The van der Waals surface area contributed by atoms with Gasteiger partial charge in [0.2, 0.25) is 0 Å². The van der Waals surface area contributed by atoms with Crippen LogP contribution < -0.4 is 0 Å². The van der Waals surface area contributed by atoms with E-state index in [9.17, 15) is 4.79 Å². The molecule has 3 rings (SSSR count). The third kappa shape index (κ3) is 3.31. The van der Waals surface area contributed by atoms with Gasteiger partial charge in [-0.15, -0.1) is 0 Å². The predicted octanol–water partition coefficient (Wildman–Crippen LogP) is 5.16. The van der Waals surface area contributed by atoms with Crippen LogP contribution in [-0.2, 0) is 4.79 Å². The number of carbonyl (C=O) groups is 1. The maximum Gasteiger partial charge on any atom is 0.255 e. The van der Waals surface area contributed by atoms with Gasteiger partial charge >= 0.3 is 0 Å². The molecule has 136 valence electrons. The first-order chi connectivity index (χ1) is 12.1. The number of pyridine rings is 1. The Kier molecular flexibility index (Phi) is 4.51. The minimum atomic E-state index is -0.345. The van der Waals surface area contributed by atoms with Crippen LogP contribution in [0.5, 0.6) is 0 Å². The molecule has 2 aliphatic carbocycles. The number of fused-ring (bicyclic) bond motifs is 1. The second kappa shape index (κ2) is 6.39. The van der Waals surface area contributed by atoms with Crippen molar-refractivity contribution in [3.8, 4) is 0 Å². The summed E-state index contributed by atoms with van der Waals surface area (Å²) in [5.41, 5.74) is 3.33. The first-order valence-electron chi connectivity index (χ1n) is 9.16. The third-order valence-electron chi connectivity index (χ3n) is 4.79. The van der Waals surface area contributed by atoms with Crippen molar-refractivity contribution >= 4 is 5.91 Å². The van der Waals surface area contributed by atoms with E-state index in [0.717, 1.165) is 22.4 Å². The van der Waals surface area contributed by atoms with E-state index in [1.54, 1.807) is 6.20 Å². The molecule has 0 saturated carbocycles. The molecule has 1 aromatic rings. The van der Waals surface area contributed by atoms with Gasteiger partial charge in [-0.05, 0) is 55.5 Å². The molecule has 1 heterocycles. The maximum absolute atomic E-state index is 13.7. The second-order valence-electron chi connectivity index (χ2n) is 9.01. The summed E-state index contributed by atoms with van der Waals surface area (Å²) in [7, 11) is 0. The van der Waals surface area contributed by atoms with E-state index in [2.05, 4.69) is 46.5 Å². The average molecular weight is 348 g/mol. The smallest absolute Gasteiger partial charge is 0.255 e. The molecule has 3 heteroatoms. The lowest BCUT2D eigenvalue weighted by atomic mass is 9.80. The molecule has 3 nitrogen and oxygen atoms in total. The van der Waals surface area contributed by atoms with Crippen LogP contribution in [0.15, 0.2) is 71.5 Å². The molecule has 0 radical (unpaired) electrons. The third-order valence-corrected chi connectivity index (χ3v) is 4.79. The van der Waals surface area contributed by atoms with Gasteiger partial charge < -0.3 is 4.90 Å². The van der Waals surface area contributed by atoms with Gasteiger partial charge in [-0.3, -0.25) is 9.78 Å². The number of amides is 1. The molecule has 1 amide bonds. The van der Waals surface area contributed by atoms with Crippen LogP contribution in [0, 0.1) is 5.41 Å². The van der Waals surface area contributed by atoms with Gasteiger partial charge in [-0.25, -0.2) is 0 Å². The first kappa shape index (κ1) is 18.4. The lowest BCUT2D eigenvalue weighted by molar-refractivity contribution is -0.138. The standard InChI is InChI=1S/C23H28N2O/c1-22(2,3)20(19-12-7-8-15-24-19)25(23(4,5)6)21(26)18-14-13-16-10-9-11-17(16)18/h7-15,20H,1-6H3. The van der Waals surface area contributed by atoms with E-state index in [-0.39, 0.29) is 22.9 Å². The number of hydrogen-bond acceptors (Lipinski definition) is 2. The van der Waals surface area contributed by atoms with Crippen LogP contribution in [-0.4, -0.2) is 21.3 Å². The highest BCUT2D eigenvalue weighted by Crippen LogP contribution is 2.43. The molecule has 0 N–H and O–H groups in total. The fourth-order valence-electron chi connectivity index (χ4n) is 3.71. The van der Waals surface area contributed by atoms with Gasteiger partial charge in [0.25, 0.3) is 5.91 Å². The Morgan fingerprint density at radius 2 is 1.77 bits per heavy atom. The number of nitrogens with zero attached hydrogens (tertiary/aromatic N) is 2. The molecule has 0 bridgehead atoms. The summed E-state index contributed by atoms with van der Waals surface area (Å²) in [5, 5.41) is 0. The molecule has 1 unspecified atom stereocenters. The highest BCUT2D eigenvalue weighted by atomic mass is 16.2.